The lowest BCUT2D eigenvalue weighted by atomic mass is 9.90. The van der Waals surface area contributed by atoms with Crippen LogP contribution in [0.5, 0.6) is 0 Å². The quantitative estimate of drug-likeness (QED) is 0.790. The number of ether oxygens (including phenoxy) is 1. The number of rotatable bonds is 5. The molecule has 0 radical (unpaired) electrons. The van der Waals surface area contributed by atoms with Crippen molar-refractivity contribution in [3.8, 4) is 0 Å². The minimum absolute atomic E-state index is 0.342. The first-order valence-electron chi connectivity index (χ1n) is 6.17. The van der Waals surface area contributed by atoms with Crippen LogP contribution in [0, 0.1) is 5.41 Å². The van der Waals surface area contributed by atoms with Crippen LogP contribution >= 0.6 is 28.6 Å². The molecular formula is C14H19BrOS. The van der Waals surface area contributed by atoms with E-state index in [1.54, 1.807) is 0 Å². The second-order valence-corrected chi connectivity index (χ2v) is 6.22. The van der Waals surface area contributed by atoms with Crippen LogP contribution < -0.4 is 0 Å². The van der Waals surface area contributed by atoms with Gasteiger partial charge in [-0.1, -0.05) is 40.9 Å². The van der Waals surface area contributed by atoms with Crippen molar-refractivity contribution in [2.45, 2.75) is 32.3 Å². The molecule has 0 aromatic heterocycles. The topological polar surface area (TPSA) is 9.23 Å². The van der Waals surface area contributed by atoms with Gasteiger partial charge in [-0.3, -0.25) is 0 Å². The Bertz CT molecular complexity index is 361. The van der Waals surface area contributed by atoms with Crippen molar-refractivity contribution in [2.75, 3.05) is 12.4 Å². The summed E-state index contributed by atoms with van der Waals surface area (Å²) in [5, 5.41) is 0. The fourth-order valence-corrected chi connectivity index (χ4v) is 3.34. The lowest BCUT2D eigenvalue weighted by molar-refractivity contribution is 0.0482. The Hall–Kier alpha value is 0.01000. The van der Waals surface area contributed by atoms with Gasteiger partial charge in [0.2, 0.25) is 0 Å². The summed E-state index contributed by atoms with van der Waals surface area (Å²) in [6.07, 6.45) is 5.21. The van der Waals surface area contributed by atoms with Crippen molar-refractivity contribution in [1.82, 2.24) is 0 Å². The lowest BCUT2D eigenvalue weighted by Gasteiger charge is -2.26. The first-order valence-corrected chi connectivity index (χ1v) is 7.60. The maximum atomic E-state index is 5.88. The minimum Gasteiger partial charge on any atom is -0.376 e. The first-order chi connectivity index (χ1) is 8.24. The van der Waals surface area contributed by atoms with Crippen molar-refractivity contribution in [3.63, 3.8) is 0 Å². The molecule has 1 aromatic carbocycles. The molecule has 0 amide bonds. The molecule has 0 saturated heterocycles. The summed E-state index contributed by atoms with van der Waals surface area (Å²) in [6, 6.07) is 8.30. The molecule has 0 heterocycles. The highest BCUT2D eigenvalue weighted by atomic mass is 79.9. The third-order valence-corrected chi connectivity index (χ3v) is 4.73. The Morgan fingerprint density at radius 2 is 2.06 bits per heavy atom. The third kappa shape index (κ3) is 3.73. The fraction of sp³-hybridized carbons (Fsp3) is 0.571. The molecule has 1 nitrogen and oxygen atoms in total. The van der Waals surface area contributed by atoms with Gasteiger partial charge >= 0.3 is 0 Å². The molecule has 0 aliphatic heterocycles. The molecule has 1 saturated carbocycles. The molecule has 3 heteroatoms. The van der Waals surface area contributed by atoms with E-state index in [1.807, 2.05) is 12.1 Å². The maximum absolute atomic E-state index is 5.88. The second-order valence-electron chi connectivity index (χ2n) is 4.99. The molecule has 1 aliphatic rings. The van der Waals surface area contributed by atoms with Crippen LogP contribution in [0.1, 0.15) is 31.2 Å². The van der Waals surface area contributed by atoms with Gasteiger partial charge in [0.05, 0.1) is 13.2 Å². The van der Waals surface area contributed by atoms with E-state index < -0.39 is 0 Å². The molecule has 1 aromatic rings. The van der Waals surface area contributed by atoms with E-state index in [2.05, 4.69) is 40.7 Å². The van der Waals surface area contributed by atoms with E-state index in [0.717, 1.165) is 16.8 Å². The molecule has 17 heavy (non-hydrogen) atoms. The number of halogens is 1. The predicted octanol–water partition coefficient (Wildman–Crippen LogP) is 4.46. The zero-order valence-corrected chi connectivity index (χ0v) is 12.5. The van der Waals surface area contributed by atoms with Crippen molar-refractivity contribution < 1.29 is 4.74 Å². The Kier molecular flexibility index (Phi) is 4.95. The fourth-order valence-electron chi connectivity index (χ4n) is 2.49. The van der Waals surface area contributed by atoms with Crippen molar-refractivity contribution >= 4 is 28.6 Å². The molecule has 1 fully saturated rings. The first kappa shape index (κ1) is 13.4. The molecule has 0 atom stereocenters. The van der Waals surface area contributed by atoms with Gasteiger partial charge in [0.1, 0.15) is 0 Å². The van der Waals surface area contributed by atoms with Gasteiger partial charge in [0.25, 0.3) is 0 Å². The van der Waals surface area contributed by atoms with Crippen LogP contribution in [-0.4, -0.2) is 12.4 Å². The normalized spacial score (nSPS) is 18.5. The highest BCUT2D eigenvalue weighted by Crippen LogP contribution is 2.39. The lowest BCUT2D eigenvalue weighted by Crippen LogP contribution is -2.25. The van der Waals surface area contributed by atoms with Gasteiger partial charge in [-0.2, -0.15) is 12.6 Å². The Morgan fingerprint density at radius 1 is 1.29 bits per heavy atom. The van der Waals surface area contributed by atoms with Gasteiger partial charge in [0, 0.05) is 9.89 Å². The summed E-state index contributed by atoms with van der Waals surface area (Å²) in [4.78, 5) is 0. The van der Waals surface area contributed by atoms with Crippen LogP contribution in [0.25, 0.3) is 0 Å². The number of hydrogen-bond donors (Lipinski definition) is 1. The highest BCUT2D eigenvalue weighted by Gasteiger charge is 2.32. The monoisotopic (exact) mass is 314 g/mol. The Labute approximate surface area is 117 Å². The summed E-state index contributed by atoms with van der Waals surface area (Å²) < 4.78 is 7.00. The van der Waals surface area contributed by atoms with Crippen molar-refractivity contribution in [1.29, 1.82) is 0 Å². The van der Waals surface area contributed by atoms with Crippen LogP contribution in [-0.2, 0) is 11.3 Å². The van der Waals surface area contributed by atoms with Crippen LogP contribution in [0.15, 0.2) is 28.7 Å². The van der Waals surface area contributed by atoms with E-state index in [0.29, 0.717) is 12.0 Å². The number of hydrogen-bond acceptors (Lipinski definition) is 2. The minimum atomic E-state index is 0.342. The Morgan fingerprint density at radius 3 is 2.71 bits per heavy atom. The summed E-state index contributed by atoms with van der Waals surface area (Å²) in [5.74, 6) is 0.950. The molecule has 0 unspecified atom stereocenters. The van der Waals surface area contributed by atoms with E-state index in [9.17, 15) is 0 Å². The average molecular weight is 315 g/mol. The average Bonchev–Trinajstić information content (AvgIpc) is 2.79. The summed E-state index contributed by atoms with van der Waals surface area (Å²) in [6.45, 7) is 1.55. The second kappa shape index (κ2) is 6.26. The van der Waals surface area contributed by atoms with Gasteiger partial charge < -0.3 is 4.74 Å². The van der Waals surface area contributed by atoms with Crippen LogP contribution in [0.4, 0.5) is 0 Å². The predicted molar refractivity (Wildman–Crippen MR) is 78.6 cm³/mol. The Balaban J connectivity index is 1.82. The third-order valence-electron chi connectivity index (χ3n) is 3.57. The van der Waals surface area contributed by atoms with E-state index in [4.69, 9.17) is 4.74 Å². The van der Waals surface area contributed by atoms with Gasteiger partial charge in [-0.05, 0) is 36.3 Å². The van der Waals surface area contributed by atoms with Gasteiger partial charge in [0.15, 0.2) is 0 Å². The van der Waals surface area contributed by atoms with E-state index in [1.165, 1.54) is 31.2 Å². The molecule has 2 rings (SSSR count). The van der Waals surface area contributed by atoms with Gasteiger partial charge in [-0.25, -0.2) is 0 Å². The zero-order chi connectivity index (χ0) is 12.1. The molecule has 0 bridgehead atoms. The van der Waals surface area contributed by atoms with Crippen molar-refractivity contribution in [3.05, 3.63) is 34.3 Å². The summed E-state index contributed by atoms with van der Waals surface area (Å²) in [5.41, 5.74) is 1.57. The largest absolute Gasteiger partial charge is 0.376 e. The van der Waals surface area contributed by atoms with Crippen LogP contribution in [0.3, 0.4) is 0 Å². The molecule has 94 valence electrons. The molecule has 0 spiro atoms. The highest BCUT2D eigenvalue weighted by molar-refractivity contribution is 9.10. The SMILES string of the molecule is SCC1(COCc2cccc(Br)c2)CCCC1. The summed E-state index contributed by atoms with van der Waals surface area (Å²) >= 11 is 7.97. The van der Waals surface area contributed by atoms with E-state index >= 15 is 0 Å². The van der Waals surface area contributed by atoms with E-state index in [-0.39, 0.29) is 0 Å². The zero-order valence-electron chi connectivity index (χ0n) is 9.99. The van der Waals surface area contributed by atoms with Crippen molar-refractivity contribution in [2.24, 2.45) is 5.41 Å². The van der Waals surface area contributed by atoms with Gasteiger partial charge in [-0.15, -0.1) is 0 Å². The summed E-state index contributed by atoms with van der Waals surface area (Å²) in [7, 11) is 0. The number of thiol groups is 1. The van der Waals surface area contributed by atoms with Crippen LogP contribution in [0.2, 0.25) is 0 Å². The smallest absolute Gasteiger partial charge is 0.0717 e. The molecule has 1 aliphatic carbocycles. The standard InChI is InChI=1S/C14H19BrOS/c15-13-5-3-4-12(8-13)9-16-10-14(11-17)6-1-2-7-14/h3-5,8,17H,1-2,6-7,9-11H2. The molecular weight excluding hydrogens is 296 g/mol. The molecule has 0 N–H and O–H groups in total. The maximum Gasteiger partial charge on any atom is 0.0717 e. The number of benzene rings is 1.